The maximum absolute atomic E-state index is 13.4. The fraction of sp³-hybridized carbons (Fsp3) is 0.207. The quantitative estimate of drug-likeness (QED) is 0.143. The van der Waals surface area contributed by atoms with Crippen molar-refractivity contribution in [3.8, 4) is 11.5 Å². The number of ketones is 1. The van der Waals surface area contributed by atoms with Crippen LogP contribution in [0.3, 0.4) is 0 Å². The van der Waals surface area contributed by atoms with Gasteiger partial charge in [0.2, 0.25) is 0 Å². The molecule has 1 aliphatic rings. The number of anilines is 1. The molecule has 0 radical (unpaired) electrons. The molecule has 8 heteroatoms. The number of aliphatic hydroxyl groups is 1. The number of esters is 1. The molecule has 1 atom stereocenters. The Balaban J connectivity index is 1.93. The molecule has 37 heavy (non-hydrogen) atoms. The molecule has 0 saturated carbocycles. The number of hydrogen-bond donors (Lipinski definition) is 1. The molecule has 1 N–H and O–H groups in total. The van der Waals surface area contributed by atoms with Gasteiger partial charge >= 0.3 is 5.97 Å². The molecule has 3 aromatic rings. The van der Waals surface area contributed by atoms with E-state index in [0.717, 1.165) is 11.1 Å². The zero-order chi connectivity index (χ0) is 26.9. The van der Waals surface area contributed by atoms with E-state index in [1.54, 1.807) is 42.5 Å². The van der Waals surface area contributed by atoms with Crippen molar-refractivity contribution in [2.75, 3.05) is 11.5 Å². The van der Waals surface area contributed by atoms with Crippen LogP contribution in [0.1, 0.15) is 42.1 Å². The minimum absolute atomic E-state index is 0.112. The summed E-state index contributed by atoms with van der Waals surface area (Å²) in [7, 11) is 0. The summed E-state index contributed by atoms with van der Waals surface area (Å²) in [5.74, 6) is -1.74. The summed E-state index contributed by atoms with van der Waals surface area (Å²) < 4.78 is 10.7. The van der Waals surface area contributed by atoms with Gasteiger partial charge in [0.15, 0.2) is 0 Å². The van der Waals surface area contributed by atoms with E-state index in [-0.39, 0.29) is 16.2 Å². The van der Waals surface area contributed by atoms with Crippen molar-refractivity contribution < 1.29 is 29.0 Å². The second-order valence-corrected chi connectivity index (χ2v) is 9.08. The van der Waals surface area contributed by atoms with E-state index >= 15 is 0 Å². The van der Waals surface area contributed by atoms with Gasteiger partial charge in [0.25, 0.3) is 11.7 Å². The number of carbonyl (C=O) groups is 3. The van der Waals surface area contributed by atoms with Crippen molar-refractivity contribution in [3.05, 3.63) is 93.5 Å². The summed E-state index contributed by atoms with van der Waals surface area (Å²) in [6.45, 7) is 7.38. The highest BCUT2D eigenvalue weighted by Gasteiger charge is 2.47. The van der Waals surface area contributed by atoms with E-state index in [9.17, 15) is 19.5 Å². The standard InChI is InChI=1S/C29H26ClNO6/c1-5-36-22-12-13-24(30)23(15-22)27(33)25-26(19-7-10-21(11-8-19)37-18(4)32)31(29(35)28(25)34)20-9-6-16(2)17(3)14-20/h6-15,26,33H,5H2,1-4H3/b27-25+. The number of aryl methyl sites for hydroxylation is 2. The second kappa shape index (κ2) is 10.5. The third kappa shape index (κ3) is 5.08. The lowest BCUT2D eigenvalue weighted by Gasteiger charge is -2.26. The molecule has 0 spiro atoms. The van der Waals surface area contributed by atoms with Crippen molar-refractivity contribution in [1.29, 1.82) is 0 Å². The molecule has 0 aliphatic carbocycles. The Morgan fingerprint density at radius 2 is 1.65 bits per heavy atom. The highest BCUT2D eigenvalue weighted by Crippen LogP contribution is 2.44. The molecule has 3 aromatic carbocycles. The topological polar surface area (TPSA) is 93.1 Å². The van der Waals surface area contributed by atoms with Crippen molar-refractivity contribution in [2.45, 2.75) is 33.7 Å². The number of hydrogen-bond acceptors (Lipinski definition) is 6. The number of aliphatic hydroxyl groups excluding tert-OH is 1. The van der Waals surface area contributed by atoms with E-state index in [1.807, 2.05) is 32.9 Å². The zero-order valence-electron chi connectivity index (χ0n) is 20.9. The Morgan fingerprint density at radius 3 is 2.27 bits per heavy atom. The molecule has 0 bridgehead atoms. The summed E-state index contributed by atoms with van der Waals surface area (Å²) in [4.78, 5) is 39.5. The number of benzene rings is 3. The first-order chi connectivity index (χ1) is 17.6. The van der Waals surface area contributed by atoms with Gasteiger partial charge in [-0.3, -0.25) is 19.3 Å². The molecule has 1 aliphatic heterocycles. The Hall–Kier alpha value is -4.10. The molecule has 7 nitrogen and oxygen atoms in total. The van der Waals surface area contributed by atoms with E-state index in [1.165, 1.54) is 17.9 Å². The Bertz CT molecular complexity index is 1430. The summed E-state index contributed by atoms with van der Waals surface area (Å²) in [5.41, 5.74) is 3.07. The maximum atomic E-state index is 13.4. The molecular formula is C29H26ClNO6. The summed E-state index contributed by atoms with van der Waals surface area (Å²) in [6, 6.07) is 15.7. The predicted octanol–water partition coefficient (Wildman–Crippen LogP) is 5.91. The largest absolute Gasteiger partial charge is 0.507 e. The van der Waals surface area contributed by atoms with E-state index in [4.69, 9.17) is 21.1 Å². The van der Waals surface area contributed by atoms with Gasteiger partial charge in [0.05, 0.1) is 23.2 Å². The zero-order valence-corrected chi connectivity index (χ0v) is 21.6. The average Bonchev–Trinajstić information content (AvgIpc) is 3.12. The Labute approximate surface area is 219 Å². The summed E-state index contributed by atoms with van der Waals surface area (Å²) >= 11 is 6.40. The minimum atomic E-state index is -0.958. The van der Waals surface area contributed by atoms with Crippen LogP contribution < -0.4 is 14.4 Å². The van der Waals surface area contributed by atoms with Crippen LogP contribution in [0.25, 0.3) is 5.76 Å². The number of carbonyl (C=O) groups excluding carboxylic acids is 3. The molecular weight excluding hydrogens is 494 g/mol. The molecule has 1 heterocycles. The number of halogens is 1. The van der Waals surface area contributed by atoms with Gasteiger partial charge in [-0.1, -0.05) is 29.8 Å². The van der Waals surface area contributed by atoms with Crippen LogP contribution in [0.2, 0.25) is 5.02 Å². The van der Waals surface area contributed by atoms with Crippen LogP contribution >= 0.6 is 11.6 Å². The summed E-state index contributed by atoms with van der Waals surface area (Å²) in [5, 5.41) is 11.6. The molecule has 1 fully saturated rings. The normalized spacial score (nSPS) is 16.7. The van der Waals surface area contributed by atoms with E-state index in [2.05, 4.69) is 0 Å². The van der Waals surface area contributed by atoms with Gasteiger partial charge in [-0.05, 0) is 79.9 Å². The van der Waals surface area contributed by atoms with Crippen molar-refractivity contribution >= 4 is 40.7 Å². The van der Waals surface area contributed by atoms with Crippen LogP contribution in [0, 0.1) is 13.8 Å². The van der Waals surface area contributed by atoms with Gasteiger partial charge in [0, 0.05) is 18.2 Å². The fourth-order valence-corrected chi connectivity index (χ4v) is 4.47. The van der Waals surface area contributed by atoms with E-state index in [0.29, 0.717) is 29.4 Å². The molecule has 190 valence electrons. The molecule has 1 unspecified atom stereocenters. The van der Waals surface area contributed by atoms with Gasteiger partial charge in [-0.15, -0.1) is 0 Å². The number of ether oxygens (including phenoxy) is 2. The second-order valence-electron chi connectivity index (χ2n) is 8.68. The third-order valence-corrected chi connectivity index (χ3v) is 6.50. The van der Waals surface area contributed by atoms with Gasteiger partial charge in [-0.2, -0.15) is 0 Å². The lowest BCUT2D eigenvalue weighted by atomic mass is 9.94. The fourth-order valence-electron chi connectivity index (χ4n) is 4.26. The number of nitrogens with zero attached hydrogens (tertiary/aromatic N) is 1. The van der Waals surface area contributed by atoms with Crippen LogP contribution in [-0.2, 0) is 14.4 Å². The van der Waals surface area contributed by atoms with Crippen LogP contribution in [0.15, 0.2) is 66.2 Å². The first kappa shape index (κ1) is 26.0. The molecule has 1 saturated heterocycles. The first-order valence-corrected chi connectivity index (χ1v) is 12.1. The lowest BCUT2D eigenvalue weighted by Crippen LogP contribution is -2.29. The van der Waals surface area contributed by atoms with Crippen LogP contribution in [0.4, 0.5) is 5.69 Å². The highest BCUT2D eigenvalue weighted by atomic mass is 35.5. The predicted molar refractivity (Wildman–Crippen MR) is 141 cm³/mol. The van der Waals surface area contributed by atoms with Crippen LogP contribution in [-0.4, -0.2) is 29.4 Å². The van der Waals surface area contributed by atoms with Gasteiger partial charge in [-0.25, -0.2) is 0 Å². The molecule has 1 amide bonds. The van der Waals surface area contributed by atoms with E-state index < -0.39 is 29.5 Å². The Kier molecular flexibility index (Phi) is 7.36. The van der Waals surface area contributed by atoms with Gasteiger partial charge < -0.3 is 14.6 Å². The third-order valence-electron chi connectivity index (χ3n) is 6.17. The maximum Gasteiger partial charge on any atom is 0.308 e. The summed E-state index contributed by atoms with van der Waals surface area (Å²) in [6.07, 6.45) is 0. The van der Waals surface area contributed by atoms with Crippen molar-refractivity contribution in [3.63, 3.8) is 0 Å². The molecule has 0 aromatic heterocycles. The minimum Gasteiger partial charge on any atom is -0.507 e. The van der Waals surface area contributed by atoms with Crippen molar-refractivity contribution in [1.82, 2.24) is 0 Å². The lowest BCUT2D eigenvalue weighted by molar-refractivity contribution is -0.132. The number of rotatable bonds is 6. The van der Waals surface area contributed by atoms with Crippen molar-refractivity contribution in [2.24, 2.45) is 0 Å². The first-order valence-electron chi connectivity index (χ1n) is 11.7. The monoisotopic (exact) mass is 519 g/mol. The van der Waals surface area contributed by atoms with Gasteiger partial charge in [0.1, 0.15) is 17.3 Å². The number of amides is 1. The smallest absolute Gasteiger partial charge is 0.308 e. The Morgan fingerprint density at radius 1 is 0.973 bits per heavy atom. The molecule has 4 rings (SSSR count). The average molecular weight is 520 g/mol. The SMILES string of the molecule is CCOc1ccc(Cl)c(/C(O)=C2\C(=O)C(=O)N(c3ccc(C)c(C)c3)C2c2ccc(OC(C)=O)cc2)c1. The van der Waals surface area contributed by atoms with Crippen LogP contribution in [0.5, 0.6) is 11.5 Å². The number of Topliss-reactive ketones (excluding diaryl/α,β-unsaturated/α-hetero) is 1. The highest BCUT2D eigenvalue weighted by molar-refractivity contribution is 6.52.